The molecule has 0 unspecified atom stereocenters. The summed E-state index contributed by atoms with van der Waals surface area (Å²) in [5.74, 6) is -2.72. The molecule has 156 valence electrons. The second kappa shape index (κ2) is 8.04. The Hall–Kier alpha value is -2.97. The number of nitrogens with zero attached hydrogens (tertiary/aromatic N) is 2. The van der Waals surface area contributed by atoms with Crippen molar-refractivity contribution in [2.24, 2.45) is 0 Å². The Morgan fingerprint density at radius 1 is 1.23 bits per heavy atom. The van der Waals surface area contributed by atoms with Gasteiger partial charge in [0.15, 0.2) is 6.23 Å². The number of ketones is 1. The minimum Gasteiger partial charge on any atom is -0.455 e. The van der Waals surface area contributed by atoms with Crippen LogP contribution in [0.15, 0.2) is 41.3 Å². The van der Waals surface area contributed by atoms with E-state index in [1.807, 2.05) is 13.0 Å². The Labute approximate surface area is 176 Å². The number of Topliss-reactive ketones (excluding diaryl/α,β-unsaturated/α-hetero) is 1. The lowest BCUT2D eigenvalue weighted by molar-refractivity contribution is -0.139. The van der Waals surface area contributed by atoms with Gasteiger partial charge in [-0.3, -0.25) is 14.4 Å². The van der Waals surface area contributed by atoms with E-state index in [4.69, 9.17) is 21.1 Å². The van der Waals surface area contributed by atoms with Crippen LogP contribution < -0.4 is 5.43 Å². The summed E-state index contributed by atoms with van der Waals surface area (Å²) >= 11 is 6.19. The maximum Gasteiger partial charge on any atom is 0.380 e. The molecule has 0 spiro atoms. The van der Waals surface area contributed by atoms with E-state index in [1.165, 1.54) is 10.8 Å². The number of fused-ring (bicyclic) bond motifs is 2. The molecule has 1 aromatic heterocycles. The minimum absolute atomic E-state index is 0.00975. The van der Waals surface area contributed by atoms with E-state index in [2.05, 4.69) is 0 Å². The first kappa shape index (κ1) is 20.3. The highest BCUT2D eigenvalue weighted by molar-refractivity contribution is 6.41. The highest BCUT2D eigenvalue weighted by Crippen LogP contribution is 2.28. The summed E-state index contributed by atoms with van der Waals surface area (Å²) in [7, 11) is 0. The Balaban J connectivity index is 1.62. The van der Waals surface area contributed by atoms with Gasteiger partial charge >= 0.3 is 5.97 Å². The third-order valence-electron chi connectivity index (χ3n) is 5.29. The number of carbonyl (C=O) groups is 3. The fourth-order valence-corrected chi connectivity index (χ4v) is 3.98. The number of amides is 1. The largest absolute Gasteiger partial charge is 0.455 e. The lowest BCUT2D eigenvalue weighted by Gasteiger charge is -2.44. The number of rotatable bonds is 4. The number of aromatic nitrogens is 1. The van der Waals surface area contributed by atoms with Crippen LogP contribution in [0.4, 0.5) is 0 Å². The normalized spacial score (nSPS) is 20.3. The van der Waals surface area contributed by atoms with Crippen LogP contribution in [-0.2, 0) is 27.4 Å². The molecule has 2 atom stereocenters. The van der Waals surface area contributed by atoms with Gasteiger partial charge in [-0.25, -0.2) is 4.79 Å². The summed E-state index contributed by atoms with van der Waals surface area (Å²) in [4.78, 5) is 52.0. The van der Waals surface area contributed by atoms with Gasteiger partial charge in [-0.2, -0.15) is 0 Å². The van der Waals surface area contributed by atoms with Gasteiger partial charge in [0.2, 0.25) is 5.43 Å². The molecule has 0 N–H and O–H groups in total. The van der Waals surface area contributed by atoms with Crippen molar-refractivity contribution in [3.63, 3.8) is 0 Å². The zero-order valence-electron chi connectivity index (χ0n) is 16.2. The summed E-state index contributed by atoms with van der Waals surface area (Å²) < 4.78 is 12.1. The molecular weight excluding hydrogens is 412 g/mol. The predicted octanol–water partition coefficient (Wildman–Crippen LogP) is 2.02. The Bertz CT molecular complexity index is 1080. The van der Waals surface area contributed by atoms with Crippen molar-refractivity contribution in [2.45, 2.75) is 38.8 Å². The summed E-state index contributed by atoms with van der Waals surface area (Å²) in [5.41, 5.74) is -0.619. The van der Waals surface area contributed by atoms with Crippen LogP contribution in [0.25, 0.3) is 0 Å². The van der Waals surface area contributed by atoms with Crippen LogP contribution in [-0.4, -0.2) is 46.0 Å². The molecule has 3 heterocycles. The van der Waals surface area contributed by atoms with Gasteiger partial charge in [0, 0.05) is 12.2 Å². The molecule has 0 bridgehead atoms. The number of pyridine rings is 1. The molecule has 2 aromatic rings. The van der Waals surface area contributed by atoms with Gasteiger partial charge in [-0.05, 0) is 18.9 Å². The third-order valence-corrected chi connectivity index (χ3v) is 5.64. The van der Waals surface area contributed by atoms with E-state index in [9.17, 15) is 19.2 Å². The molecule has 1 amide bonds. The van der Waals surface area contributed by atoms with Crippen molar-refractivity contribution < 1.29 is 23.9 Å². The van der Waals surface area contributed by atoms with E-state index in [0.29, 0.717) is 18.6 Å². The number of hydrogen-bond donors (Lipinski definition) is 0. The lowest BCUT2D eigenvalue weighted by Crippen LogP contribution is -2.57. The first-order valence-electron chi connectivity index (χ1n) is 9.51. The Morgan fingerprint density at radius 2 is 1.97 bits per heavy atom. The van der Waals surface area contributed by atoms with Gasteiger partial charge in [-0.1, -0.05) is 41.9 Å². The van der Waals surface area contributed by atoms with E-state index in [1.54, 1.807) is 29.2 Å². The topological polar surface area (TPSA) is 94.9 Å². The molecule has 0 aliphatic carbocycles. The van der Waals surface area contributed by atoms with Crippen molar-refractivity contribution in [2.75, 3.05) is 6.61 Å². The van der Waals surface area contributed by atoms with Gasteiger partial charge in [0.25, 0.3) is 11.7 Å². The van der Waals surface area contributed by atoms with E-state index in [-0.39, 0.29) is 24.9 Å². The standard InChI is InChI=1S/C21H19ClN2O6/c1-12-7-8-29-15-10-23-9-14(18(25)16(22)17(23)20(27)24(12)15)19(26)21(28)30-11-13-5-3-2-4-6-13/h2-6,9,12,15H,7-8,10-11H2,1H3/t12-,15+/m1/s1. The molecule has 2 aliphatic heterocycles. The molecular formula is C21H19ClN2O6. The van der Waals surface area contributed by atoms with E-state index >= 15 is 0 Å². The monoisotopic (exact) mass is 430 g/mol. The van der Waals surface area contributed by atoms with Crippen molar-refractivity contribution in [1.29, 1.82) is 0 Å². The first-order valence-corrected chi connectivity index (χ1v) is 9.89. The van der Waals surface area contributed by atoms with Crippen molar-refractivity contribution in [3.8, 4) is 0 Å². The third kappa shape index (κ3) is 3.53. The maximum absolute atomic E-state index is 12.9. The quantitative estimate of drug-likeness (QED) is 0.418. The lowest BCUT2D eigenvalue weighted by atomic mass is 10.1. The number of esters is 1. The summed E-state index contributed by atoms with van der Waals surface area (Å²) in [6.45, 7) is 2.49. The van der Waals surface area contributed by atoms with Crippen LogP contribution in [0.3, 0.4) is 0 Å². The van der Waals surface area contributed by atoms with Gasteiger partial charge < -0.3 is 18.9 Å². The van der Waals surface area contributed by atoms with Gasteiger partial charge in [-0.15, -0.1) is 0 Å². The summed E-state index contributed by atoms with van der Waals surface area (Å²) in [6.07, 6.45) is 1.34. The minimum atomic E-state index is -1.17. The number of carbonyl (C=O) groups excluding carboxylic acids is 3. The summed E-state index contributed by atoms with van der Waals surface area (Å²) in [5, 5.41) is -0.391. The molecule has 1 fully saturated rings. The average Bonchev–Trinajstić information content (AvgIpc) is 2.74. The van der Waals surface area contributed by atoms with Crippen molar-refractivity contribution >= 4 is 29.3 Å². The molecule has 4 rings (SSSR count). The molecule has 1 saturated heterocycles. The number of ether oxygens (including phenoxy) is 2. The Kier molecular flexibility index (Phi) is 5.44. The van der Waals surface area contributed by atoms with Crippen molar-refractivity contribution in [3.05, 3.63) is 68.6 Å². The maximum atomic E-state index is 12.9. The van der Waals surface area contributed by atoms with Gasteiger partial charge in [0.05, 0.1) is 18.7 Å². The second-order valence-corrected chi connectivity index (χ2v) is 7.63. The fraction of sp³-hybridized carbons (Fsp3) is 0.333. The number of halogens is 1. The Morgan fingerprint density at radius 3 is 2.70 bits per heavy atom. The number of benzene rings is 1. The van der Waals surface area contributed by atoms with Gasteiger partial charge in [0.1, 0.15) is 17.3 Å². The number of hydrogen-bond acceptors (Lipinski definition) is 6. The highest BCUT2D eigenvalue weighted by Gasteiger charge is 2.41. The van der Waals surface area contributed by atoms with Crippen LogP contribution in [0.2, 0.25) is 5.02 Å². The van der Waals surface area contributed by atoms with Crippen LogP contribution in [0, 0.1) is 0 Å². The summed E-state index contributed by atoms with van der Waals surface area (Å²) in [6, 6.07) is 8.77. The molecule has 8 nitrogen and oxygen atoms in total. The van der Waals surface area contributed by atoms with Crippen molar-refractivity contribution in [1.82, 2.24) is 9.47 Å². The second-order valence-electron chi connectivity index (χ2n) is 7.25. The molecule has 2 aliphatic rings. The zero-order chi connectivity index (χ0) is 21.4. The zero-order valence-corrected chi connectivity index (χ0v) is 16.9. The SMILES string of the molecule is C[C@@H]1CCO[C@H]2Cn3cc(C(=O)C(=O)OCc4ccccc4)c(=O)c(Cl)c3C(=O)N12. The van der Waals surface area contributed by atoms with E-state index < -0.39 is 39.9 Å². The fourth-order valence-electron chi connectivity index (χ4n) is 3.69. The molecule has 30 heavy (non-hydrogen) atoms. The molecule has 1 aromatic carbocycles. The average molecular weight is 431 g/mol. The predicted molar refractivity (Wildman–Crippen MR) is 106 cm³/mol. The van der Waals surface area contributed by atoms with Crippen LogP contribution >= 0.6 is 11.6 Å². The highest BCUT2D eigenvalue weighted by atomic mass is 35.5. The van der Waals surface area contributed by atoms with E-state index in [0.717, 1.165) is 0 Å². The molecule has 0 radical (unpaired) electrons. The smallest absolute Gasteiger partial charge is 0.380 e. The van der Waals surface area contributed by atoms with Crippen LogP contribution in [0.5, 0.6) is 0 Å². The molecule has 9 heteroatoms. The van der Waals surface area contributed by atoms with Crippen LogP contribution in [0.1, 0.15) is 39.8 Å². The first-order chi connectivity index (χ1) is 14.4. The molecule has 0 saturated carbocycles.